The van der Waals surface area contributed by atoms with E-state index in [2.05, 4.69) is 33.7 Å². The molecule has 136 valence electrons. The van der Waals surface area contributed by atoms with Crippen LogP contribution in [0.25, 0.3) is 10.9 Å². The summed E-state index contributed by atoms with van der Waals surface area (Å²) < 4.78 is 3.89. The van der Waals surface area contributed by atoms with Gasteiger partial charge < -0.3 is 9.47 Å². The highest BCUT2D eigenvalue weighted by Gasteiger charge is 2.30. The molecule has 26 heavy (non-hydrogen) atoms. The molecule has 1 amide bonds. The smallest absolute Gasteiger partial charge is 0.275 e. The van der Waals surface area contributed by atoms with E-state index in [0.29, 0.717) is 17.7 Å². The number of likely N-dealkylation sites (tertiary alicyclic amines) is 1. The maximum Gasteiger partial charge on any atom is 0.275 e. The number of aromatic nitrogens is 5. The number of hydrogen-bond acceptors (Lipinski definition) is 4. The molecule has 3 aromatic rings. The second kappa shape index (κ2) is 6.55. The average Bonchev–Trinajstić information content (AvgIpc) is 3.35. The minimum Gasteiger partial charge on any atom is -0.337 e. The van der Waals surface area contributed by atoms with Gasteiger partial charge in [0.2, 0.25) is 0 Å². The van der Waals surface area contributed by atoms with Crippen molar-refractivity contribution in [3.63, 3.8) is 0 Å². The molecule has 0 bridgehead atoms. The normalized spacial score (nSPS) is 17.5. The van der Waals surface area contributed by atoms with Crippen LogP contribution in [0.2, 0.25) is 0 Å². The number of carbonyl (C=O) groups is 1. The summed E-state index contributed by atoms with van der Waals surface area (Å²) in [5.41, 5.74) is 1.53. The van der Waals surface area contributed by atoms with Gasteiger partial charge in [0.15, 0.2) is 5.69 Å². The van der Waals surface area contributed by atoms with Crippen LogP contribution in [0.1, 0.15) is 42.6 Å². The molecule has 0 saturated carbocycles. The van der Waals surface area contributed by atoms with Gasteiger partial charge in [0, 0.05) is 38.0 Å². The Morgan fingerprint density at radius 2 is 2.12 bits per heavy atom. The SMILES string of the molecule is CC(C)n1cnnc1CC1CCN(C(=O)c2nn(C)c3ccccc23)C1. The highest BCUT2D eigenvalue weighted by molar-refractivity contribution is 6.04. The van der Waals surface area contributed by atoms with E-state index < -0.39 is 0 Å². The van der Waals surface area contributed by atoms with E-state index in [1.807, 2.05) is 36.2 Å². The van der Waals surface area contributed by atoms with Crippen LogP contribution in [0, 0.1) is 5.92 Å². The molecule has 1 saturated heterocycles. The van der Waals surface area contributed by atoms with E-state index in [1.54, 1.807) is 11.0 Å². The maximum atomic E-state index is 13.0. The molecule has 4 rings (SSSR count). The summed E-state index contributed by atoms with van der Waals surface area (Å²) in [6, 6.07) is 8.22. The summed E-state index contributed by atoms with van der Waals surface area (Å²) in [5.74, 6) is 1.44. The van der Waals surface area contributed by atoms with Crippen LogP contribution in [-0.2, 0) is 13.5 Å². The second-order valence-corrected chi connectivity index (χ2v) is 7.35. The van der Waals surface area contributed by atoms with Crippen molar-refractivity contribution in [1.29, 1.82) is 0 Å². The zero-order valence-electron chi connectivity index (χ0n) is 15.5. The first-order valence-corrected chi connectivity index (χ1v) is 9.14. The quantitative estimate of drug-likeness (QED) is 0.723. The van der Waals surface area contributed by atoms with Crippen molar-refractivity contribution in [1.82, 2.24) is 29.4 Å². The van der Waals surface area contributed by atoms with Crippen molar-refractivity contribution in [2.24, 2.45) is 13.0 Å². The molecule has 1 fully saturated rings. The molecule has 1 atom stereocenters. The lowest BCUT2D eigenvalue weighted by Gasteiger charge is -2.16. The molecule has 7 nitrogen and oxygen atoms in total. The van der Waals surface area contributed by atoms with Crippen LogP contribution in [0.3, 0.4) is 0 Å². The molecule has 0 spiro atoms. The number of fused-ring (bicyclic) bond motifs is 1. The Hall–Kier alpha value is -2.70. The van der Waals surface area contributed by atoms with Crippen molar-refractivity contribution < 1.29 is 4.79 Å². The fourth-order valence-corrected chi connectivity index (χ4v) is 3.81. The number of benzene rings is 1. The van der Waals surface area contributed by atoms with E-state index in [9.17, 15) is 4.79 Å². The van der Waals surface area contributed by atoms with Crippen LogP contribution in [0.4, 0.5) is 0 Å². The van der Waals surface area contributed by atoms with E-state index in [0.717, 1.165) is 42.7 Å². The second-order valence-electron chi connectivity index (χ2n) is 7.35. The van der Waals surface area contributed by atoms with Gasteiger partial charge in [-0.3, -0.25) is 9.48 Å². The molecule has 3 heterocycles. The summed E-state index contributed by atoms with van der Waals surface area (Å²) >= 11 is 0. The number of para-hydroxylation sites is 1. The number of amides is 1. The lowest BCUT2D eigenvalue weighted by molar-refractivity contribution is 0.0782. The fourth-order valence-electron chi connectivity index (χ4n) is 3.81. The van der Waals surface area contributed by atoms with Crippen LogP contribution in [0.15, 0.2) is 30.6 Å². The van der Waals surface area contributed by atoms with Gasteiger partial charge in [-0.2, -0.15) is 5.10 Å². The largest absolute Gasteiger partial charge is 0.337 e. The topological polar surface area (TPSA) is 68.8 Å². The summed E-state index contributed by atoms with van der Waals surface area (Å²) in [7, 11) is 1.88. The Morgan fingerprint density at radius 1 is 1.31 bits per heavy atom. The highest BCUT2D eigenvalue weighted by atomic mass is 16.2. The summed E-state index contributed by atoms with van der Waals surface area (Å²) in [4.78, 5) is 14.9. The lowest BCUT2D eigenvalue weighted by atomic mass is 10.0. The van der Waals surface area contributed by atoms with Gasteiger partial charge in [0.25, 0.3) is 5.91 Å². The Morgan fingerprint density at radius 3 is 2.92 bits per heavy atom. The first kappa shape index (κ1) is 16.8. The molecule has 0 radical (unpaired) electrons. The van der Waals surface area contributed by atoms with E-state index in [4.69, 9.17) is 0 Å². The average molecular weight is 352 g/mol. The van der Waals surface area contributed by atoms with Crippen molar-refractivity contribution >= 4 is 16.8 Å². The van der Waals surface area contributed by atoms with Gasteiger partial charge >= 0.3 is 0 Å². The van der Waals surface area contributed by atoms with Gasteiger partial charge in [-0.25, -0.2) is 0 Å². The molecule has 2 aromatic heterocycles. The predicted molar refractivity (Wildman–Crippen MR) is 98.8 cm³/mol. The molecule has 0 aliphatic carbocycles. The molecule has 7 heteroatoms. The van der Waals surface area contributed by atoms with E-state index >= 15 is 0 Å². The number of carbonyl (C=O) groups excluding carboxylic acids is 1. The lowest BCUT2D eigenvalue weighted by Crippen LogP contribution is -2.29. The number of nitrogens with zero attached hydrogens (tertiary/aromatic N) is 6. The third-order valence-corrected chi connectivity index (χ3v) is 5.21. The zero-order valence-corrected chi connectivity index (χ0v) is 15.5. The van der Waals surface area contributed by atoms with Crippen LogP contribution < -0.4 is 0 Å². The Kier molecular flexibility index (Phi) is 4.22. The van der Waals surface area contributed by atoms with Crippen molar-refractivity contribution in [2.45, 2.75) is 32.7 Å². The Bertz CT molecular complexity index is 941. The van der Waals surface area contributed by atoms with Gasteiger partial charge in [0.05, 0.1) is 5.52 Å². The minimum atomic E-state index is 0.0228. The fraction of sp³-hybridized carbons (Fsp3) is 0.474. The van der Waals surface area contributed by atoms with Crippen LogP contribution in [0.5, 0.6) is 0 Å². The summed E-state index contributed by atoms with van der Waals surface area (Å²) in [6.45, 7) is 5.77. The van der Waals surface area contributed by atoms with E-state index in [-0.39, 0.29) is 5.91 Å². The molecule has 1 aliphatic heterocycles. The molecule has 1 unspecified atom stereocenters. The minimum absolute atomic E-state index is 0.0228. The predicted octanol–water partition coefficient (Wildman–Crippen LogP) is 2.45. The highest BCUT2D eigenvalue weighted by Crippen LogP contribution is 2.25. The maximum absolute atomic E-state index is 13.0. The monoisotopic (exact) mass is 352 g/mol. The van der Waals surface area contributed by atoms with Gasteiger partial charge in [-0.05, 0) is 32.3 Å². The van der Waals surface area contributed by atoms with Gasteiger partial charge in [-0.15, -0.1) is 10.2 Å². The van der Waals surface area contributed by atoms with Crippen molar-refractivity contribution in [3.05, 3.63) is 42.1 Å². The third-order valence-electron chi connectivity index (χ3n) is 5.21. The first-order valence-electron chi connectivity index (χ1n) is 9.14. The van der Waals surface area contributed by atoms with Crippen molar-refractivity contribution in [2.75, 3.05) is 13.1 Å². The molecule has 1 aliphatic rings. The number of rotatable bonds is 4. The van der Waals surface area contributed by atoms with Crippen LogP contribution in [-0.4, -0.2) is 48.4 Å². The molecule has 1 aromatic carbocycles. The molecular weight excluding hydrogens is 328 g/mol. The first-order chi connectivity index (χ1) is 12.5. The summed E-state index contributed by atoms with van der Waals surface area (Å²) in [6.07, 6.45) is 3.63. The zero-order chi connectivity index (χ0) is 18.3. The van der Waals surface area contributed by atoms with Gasteiger partial charge in [-0.1, -0.05) is 18.2 Å². The Balaban J connectivity index is 1.50. The molecular formula is C19H24N6O. The number of aryl methyl sites for hydroxylation is 1. The Labute approximate surface area is 152 Å². The van der Waals surface area contributed by atoms with Crippen LogP contribution >= 0.6 is 0 Å². The number of hydrogen-bond donors (Lipinski definition) is 0. The van der Waals surface area contributed by atoms with Gasteiger partial charge in [0.1, 0.15) is 12.2 Å². The molecule has 0 N–H and O–H groups in total. The van der Waals surface area contributed by atoms with Crippen molar-refractivity contribution in [3.8, 4) is 0 Å². The standard InChI is InChI=1S/C19H24N6O/c1-13(2)25-12-20-21-17(25)10-14-8-9-24(11-14)19(26)18-15-6-4-5-7-16(15)23(3)22-18/h4-7,12-14H,8-11H2,1-3H3. The summed E-state index contributed by atoms with van der Waals surface area (Å²) in [5, 5.41) is 13.7. The third kappa shape index (κ3) is 2.87. The van der Waals surface area contributed by atoms with E-state index in [1.165, 1.54) is 0 Å².